The van der Waals surface area contributed by atoms with E-state index in [9.17, 15) is 14.9 Å². The largest absolute Gasteiger partial charge is 0.494 e. The minimum Gasteiger partial charge on any atom is -0.494 e. The minimum absolute atomic E-state index is 0.0226. The maximum absolute atomic E-state index is 13.4. The first-order valence-corrected chi connectivity index (χ1v) is 10.5. The lowest BCUT2D eigenvalue weighted by Crippen LogP contribution is -2.32. The van der Waals surface area contributed by atoms with Crippen LogP contribution in [-0.2, 0) is 4.74 Å². The number of H-pyrrole nitrogens is 1. The summed E-state index contributed by atoms with van der Waals surface area (Å²) in [4.78, 5) is 28.1. The zero-order valence-corrected chi connectivity index (χ0v) is 18.2. The molecule has 1 aromatic carbocycles. The van der Waals surface area contributed by atoms with Crippen LogP contribution in [0.1, 0.15) is 50.7 Å². The molecule has 3 aromatic rings. The minimum atomic E-state index is -0.654. The summed E-state index contributed by atoms with van der Waals surface area (Å²) in [5.74, 6) is 1.43. The Labute approximate surface area is 185 Å². The fraction of sp³-hybridized carbons (Fsp3) is 0.292. The van der Waals surface area contributed by atoms with E-state index >= 15 is 0 Å². The molecule has 8 heteroatoms. The van der Waals surface area contributed by atoms with Crippen molar-refractivity contribution < 1.29 is 14.3 Å². The Balaban J connectivity index is 1.98. The van der Waals surface area contributed by atoms with Gasteiger partial charge in [-0.25, -0.2) is 14.2 Å². The molecule has 0 saturated heterocycles. The predicted octanol–water partition coefficient (Wildman–Crippen LogP) is 4.97. The summed E-state index contributed by atoms with van der Waals surface area (Å²) >= 11 is 0. The number of aromatic amines is 1. The van der Waals surface area contributed by atoms with Crippen molar-refractivity contribution in [1.29, 1.82) is 5.26 Å². The molecule has 0 bridgehead atoms. The number of nitrogens with zero attached hydrogens (tertiary/aromatic N) is 3. The fourth-order valence-corrected chi connectivity index (χ4v) is 3.66. The lowest BCUT2D eigenvalue weighted by molar-refractivity contribution is 0.186. The Bertz CT molecular complexity index is 1290. The van der Waals surface area contributed by atoms with Crippen molar-refractivity contribution in [3.05, 3.63) is 69.7 Å². The number of hydrogen-bond donors (Lipinski definition) is 1. The second-order valence-electron chi connectivity index (χ2n) is 7.54. The van der Waals surface area contributed by atoms with E-state index in [4.69, 9.17) is 9.47 Å². The van der Waals surface area contributed by atoms with Gasteiger partial charge in [-0.05, 0) is 75.9 Å². The average Bonchev–Trinajstić information content (AvgIpc) is 3.51. The van der Waals surface area contributed by atoms with Gasteiger partial charge in [0.1, 0.15) is 29.0 Å². The van der Waals surface area contributed by atoms with E-state index in [-0.39, 0.29) is 16.9 Å². The van der Waals surface area contributed by atoms with E-state index in [0.29, 0.717) is 40.7 Å². The van der Waals surface area contributed by atoms with Crippen molar-refractivity contribution in [3.8, 4) is 11.8 Å². The monoisotopic (exact) mass is 432 g/mol. The van der Waals surface area contributed by atoms with Crippen LogP contribution in [0.3, 0.4) is 0 Å². The number of ether oxygens (including phenoxy) is 2. The van der Waals surface area contributed by atoms with Crippen molar-refractivity contribution in [2.24, 2.45) is 0 Å². The van der Waals surface area contributed by atoms with Gasteiger partial charge in [0.2, 0.25) is 5.43 Å². The number of benzene rings is 1. The number of carbonyl (C=O) groups excluding carboxylic acids is 1. The zero-order valence-electron chi connectivity index (χ0n) is 18.2. The highest BCUT2D eigenvalue weighted by Gasteiger charge is 2.37. The predicted molar refractivity (Wildman–Crippen MR) is 120 cm³/mol. The summed E-state index contributed by atoms with van der Waals surface area (Å²) in [5.41, 5.74) is 1.06. The number of hydrogen-bond acceptors (Lipinski definition) is 5. The number of fused-ring (bicyclic) bond motifs is 1. The van der Waals surface area contributed by atoms with E-state index in [1.165, 1.54) is 4.90 Å². The smallest absolute Gasteiger partial charge is 0.425 e. The molecule has 0 aliphatic heterocycles. The SMILES string of the molecule is C/C=C(\C)OC(=O)N(c1ccc(OCC)cc1)c1c(C2CC2)c(=O)c(C#N)c2cc[nH]n12. The van der Waals surface area contributed by atoms with Gasteiger partial charge in [-0.1, -0.05) is 0 Å². The Hall–Kier alpha value is -3.99. The Morgan fingerprint density at radius 2 is 2.03 bits per heavy atom. The number of rotatable bonds is 6. The number of aromatic nitrogens is 2. The van der Waals surface area contributed by atoms with Gasteiger partial charge in [0.25, 0.3) is 0 Å². The number of pyridine rings is 1. The molecule has 32 heavy (non-hydrogen) atoms. The number of carbonyl (C=O) groups is 1. The van der Waals surface area contributed by atoms with Gasteiger partial charge in [0.15, 0.2) is 0 Å². The third-order valence-electron chi connectivity index (χ3n) is 5.42. The topological polar surface area (TPSA) is 99.8 Å². The summed E-state index contributed by atoms with van der Waals surface area (Å²) in [6.07, 6.45) is 4.30. The van der Waals surface area contributed by atoms with Crippen LogP contribution in [0.4, 0.5) is 16.3 Å². The summed E-state index contributed by atoms with van der Waals surface area (Å²) in [5, 5.41) is 12.7. The van der Waals surface area contributed by atoms with E-state index in [1.54, 1.807) is 61.0 Å². The first-order valence-electron chi connectivity index (χ1n) is 10.5. The van der Waals surface area contributed by atoms with Gasteiger partial charge in [0.05, 0.1) is 17.8 Å². The second kappa shape index (κ2) is 8.63. The molecule has 164 valence electrons. The van der Waals surface area contributed by atoms with Crippen LogP contribution in [0.15, 0.2) is 53.2 Å². The quantitative estimate of drug-likeness (QED) is 0.554. The summed E-state index contributed by atoms with van der Waals surface area (Å²) in [7, 11) is 0. The van der Waals surface area contributed by atoms with Gasteiger partial charge in [-0.3, -0.25) is 9.89 Å². The fourth-order valence-electron chi connectivity index (χ4n) is 3.66. The van der Waals surface area contributed by atoms with E-state index in [2.05, 4.69) is 5.10 Å². The van der Waals surface area contributed by atoms with Gasteiger partial charge in [-0.15, -0.1) is 0 Å². The van der Waals surface area contributed by atoms with Crippen LogP contribution >= 0.6 is 0 Å². The van der Waals surface area contributed by atoms with Crippen LogP contribution < -0.4 is 15.1 Å². The Morgan fingerprint density at radius 3 is 2.62 bits per heavy atom. The molecular weight excluding hydrogens is 408 g/mol. The number of anilines is 2. The molecule has 0 unspecified atom stereocenters. The molecule has 2 heterocycles. The molecule has 1 aliphatic rings. The summed E-state index contributed by atoms with van der Waals surface area (Å²) in [6, 6.07) is 10.7. The lowest BCUT2D eigenvalue weighted by atomic mass is 10.1. The first kappa shape index (κ1) is 21.2. The highest BCUT2D eigenvalue weighted by molar-refractivity contribution is 5.97. The number of allylic oxidation sites excluding steroid dienone is 2. The second-order valence-corrected chi connectivity index (χ2v) is 7.54. The van der Waals surface area contributed by atoms with Crippen LogP contribution in [0.2, 0.25) is 0 Å². The van der Waals surface area contributed by atoms with Crippen LogP contribution in [0.25, 0.3) is 5.52 Å². The first-order chi connectivity index (χ1) is 15.5. The van der Waals surface area contributed by atoms with Gasteiger partial charge in [-0.2, -0.15) is 5.26 Å². The maximum Gasteiger partial charge on any atom is 0.425 e. The molecule has 0 radical (unpaired) electrons. The van der Waals surface area contributed by atoms with Gasteiger partial charge >= 0.3 is 6.09 Å². The van der Waals surface area contributed by atoms with E-state index in [0.717, 1.165) is 12.8 Å². The zero-order chi connectivity index (χ0) is 22.8. The molecule has 0 spiro atoms. The normalized spacial score (nSPS) is 13.6. The third-order valence-corrected chi connectivity index (χ3v) is 5.42. The molecule has 8 nitrogen and oxygen atoms in total. The maximum atomic E-state index is 13.4. The Morgan fingerprint density at radius 1 is 1.31 bits per heavy atom. The number of amides is 1. The van der Waals surface area contributed by atoms with Crippen LogP contribution in [0.5, 0.6) is 5.75 Å². The molecular formula is C24H24N4O4. The average molecular weight is 432 g/mol. The third kappa shape index (κ3) is 3.73. The van der Waals surface area contributed by atoms with Crippen LogP contribution in [-0.4, -0.2) is 22.3 Å². The molecule has 4 rings (SSSR count). The van der Waals surface area contributed by atoms with Crippen molar-refractivity contribution in [2.45, 2.75) is 39.5 Å². The molecule has 1 amide bonds. The van der Waals surface area contributed by atoms with E-state index in [1.807, 2.05) is 13.0 Å². The highest BCUT2D eigenvalue weighted by atomic mass is 16.6. The molecule has 1 saturated carbocycles. The lowest BCUT2D eigenvalue weighted by Gasteiger charge is -2.26. The number of nitrogens with one attached hydrogen (secondary N) is 1. The molecule has 1 N–H and O–H groups in total. The summed E-state index contributed by atoms with van der Waals surface area (Å²) < 4.78 is 12.7. The molecule has 1 aliphatic carbocycles. The summed E-state index contributed by atoms with van der Waals surface area (Å²) in [6.45, 7) is 5.87. The van der Waals surface area contributed by atoms with Crippen molar-refractivity contribution in [1.82, 2.24) is 9.61 Å². The molecule has 0 atom stereocenters. The van der Waals surface area contributed by atoms with Gasteiger partial charge in [0, 0.05) is 11.8 Å². The van der Waals surface area contributed by atoms with Crippen molar-refractivity contribution in [3.63, 3.8) is 0 Å². The van der Waals surface area contributed by atoms with Gasteiger partial charge < -0.3 is 9.47 Å². The molecule has 2 aromatic heterocycles. The van der Waals surface area contributed by atoms with Crippen molar-refractivity contribution in [2.75, 3.05) is 11.5 Å². The highest BCUT2D eigenvalue weighted by Crippen LogP contribution is 2.44. The molecule has 1 fully saturated rings. The van der Waals surface area contributed by atoms with Crippen LogP contribution in [0, 0.1) is 11.3 Å². The standard InChI is InChI=1S/C24H24N4O4/c1-4-15(3)32-24(30)27(17-8-10-18(11-9-17)31-5-2)23-21(16-6-7-16)22(29)19(14-25)20-12-13-26-28(20)23/h4,8-13,16,26H,5-7H2,1-3H3/b15-4+. The van der Waals surface area contributed by atoms with Crippen molar-refractivity contribution >= 4 is 23.1 Å². The Kier molecular flexibility index (Phi) is 5.73. The van der Waals surface area contributed by atoms with E-state index < -0.39 is 6.09 Å². The number of nitriles is 1.